The van der Waals surface area contributed by atoms with Crippen molar-refractivity contribution < 1.29 is 13.5 Å². The maximum Gasteiger partial charge on any atom is 0.241 e. The van der Waals surface area contributed by atoms with Gasteiger partial charge in [0, 0.05) is 24.7 Å². The topological polar surface area (TPSA) is 82.5 Å². The van der Waals surface area contributed by atoms with Crippen molar-refractivity contribution in [2.45, 2.75) is 23.2 Å². The van der Waals surface area contributed by atoms with E-state index in [4.69, 9.17) is 0 Å². The molecule has 1 aliphatic heterocycles. The molecule has 1 atom stereocenters. The van der Waals surface area contributed by atoms with Gasteiger partial charge in [0.1, 0.15) is 10.7 Å². The second kappa shape index (κ2) is 7.11. The van der Waals surface area contributed by atoms with Gasteiger partial charge in [-0.05, 0) is 37.6 Å². The molecule has 0 aliphatic carbocycles. The number of hydrogen-bond donors (Lipinski definition) is 2. The fourth-order valence-corrected chi connectivity index (χ4v) is 4.09. The van der Waals surface area contributed by atoms with Crippen molar-refractivity contribution in [2.24, 2.45) is 0 Å². The number of aliphatic hydroxyl groups is 1. The van der Waals surface area contributed by atoms with Crippen LogP contribution in [0.15, 0.2) is 53.6 Å². The number of rotatable bonds is 5. The molecule has 3 rings (SSSR count). The molecule has 1 aliphatic rings. The van der Waals surface area contributed by atoms with Gasteiger partial charge in [0.15, 0.2) is 0 Å². The van der Waals surface area contributed by atoms with Crippen LogP contribution in [0.3, 0.4) is 0 Å². The third kappa shape index (κ3) is 3.53. The highest BCUT2D eigenvalue weighted by Gasteiger charge is 2.37. The minimum Gasteiger partial charge on any atom is -0.395 e. The summed E-state index contributed by atoms with van der Waals surface area (Å²) >= 11 is 0. The Kier molecular flexibility index (Phi) is 5.08. The molecular weight excluding hydrogens is 338 g/mol. The Hall–Kier alpha value is -1.96. The van der Waals surface area contributed by atoms with Crippen molar-refractivity contribution in [3.8, 4) is 0 Å². The van der Waals surface area contributed by atoms with Gasteiger partial charge in [-0.3, -0.25) is 0 Å². The van der Waals surface area contributed by atoms with Crippen molar-refractivity contribution in [3.05, 3.63) is 54.2 Å². The van der Waals surface area contributed by atoms with Crippen LogP contribution in [-0.2, 0) is 15.4 Å². The smallest absolute Gasteiger partial charge is 0.241 e. The first-order chi connectivity index (χ1) is 12.0. The maximum atomic E-state index is 11.8. The molecule has 134 valence electrons. The summed E-state index contributed by atoms with van der Waals surface area (Å²) in [6.07, 6.45) is 3.23. The quantitative estimate of drug-likeness (QED) is 0.844. The second-order valence-corrected chi connectivity index (χ2v) is 8.28. The number of nitrogens with one attached hydrogen (secondary N) is 1. The van der Waals surface area contributed by atoms with Gasteiger partial charge in [-0.25, -0.2) is 18.1 Å². The molecule has 1 fully saturated rings. The summed E-state index contributed by atoms with van der Waals surface area (Å²) in [5.74, 6) is 0.725. The molecule has 2 heterocycles. The van der Waals surface area contributed by atoms with E-state index in [0.29, 0.717) is 6.54 Å². The molecule has 0 spiro atoms. The predicted octanol–water partition coefficient (Wildman–Crippen LogP) is 1.52. The summed E-state index contributed by atoms with van der Waals surface area (Å²) in [6, 6.07) is 13.3. The molecule has 1 saturated heterocycles. The molecule has 0 amide bonds. The lowest BCUT2D eigenvalue weighted by Gasteiger charge is -2.42. The molecule has 0 saturated carbocycles. The largest absolute Gasteiger partial charge is 0.395 e. The number of aliphatic hydroxyl groups excluding tert-OH is 1. The Morgan fingerprint density at radius 3 is 2.60 bits per heavy atom. The highest BCUT2D eigenvalue weighted by Crippen LogP contribution is 2.35. The van der Waals surface area contributed by atoms with E-state index in [1.165, 1.54) is 13.2 Å². The number of benzene rings is 1. The summed E-state index contributed by atoms with van der Waals surface area (Å²) in [5.41, 5.74) is 0.799. The highest BCUT2D eigenvalue weighted by molar-refractivity contribution is 7.89. The van der Waals surface area contributed by atoms with E-state index in [1.54, 1.807) is 12.1 Å². The van der Waals surface area contributed by atoms with Gasteiger partial charge < -0.3 is 10.0 Å². The molecular formula is C18H23N3O3S. The summed E-state index contributed by atoms with van der Waals surface area (Å²) in [5, 5.41) is 10.1. The summed E-state index contributed by atoms with van der Waals surface area (Å²) < 4.78 is 25.9. The average molecular weight is 361 g/mol. The van der Waals surface area contributed by atoms with E-state index in [9.17, 15) is 13.5 Å². The molecule has 2 aromatic rings. The summed E-state index contributed by atoms with van der Waals surface area (Å²) in [6.45, 7) is 1.55. The number of pyridine rings is 1. The Labute approximate surface area is 148 Å². The minimum atomic E-state index is -3.49. The van der Waals surface area contributed by atoms with Crippen molar-refractivity contribution in [3.63, 3.8) is 0 Å². The fraction of sp³-hybridized carbons (Fsp3) is 0.389. The Morgan fingerprint density at radius 2 is 2.00 bits per heavy atom. The van der Waals surface area contributed by atoms with Gasteiger partial charge in [0.05, 0.1) is 6.61 Å². The summed E-state index contributed by atoms with van der Waals surface area (Å²) in [7, 11) is -2.11. The zero-order valence-electron chi connectivity index (χ0n) is 14.2. The minimum absolute atomic E-state index is 0.0692. The van der Waals surface area contributed by atoms with Crippen molar-refractivity contribution in [2.75, 3.05) is 31.6 Å². The average Bonchev–Trinajstić information content (AvgIpc) is 2.68. The highest BCUT2D eigenvalue weighted by atomic mass is 32.2. The van der Waals surface area contributed by atoms with Gasteiger partial charge in [0.2, 0.25) is 10.0 Å². The van der Waals surface area contributed by atoms with Crippen LogP contribution >= 0.6 is 0 Å². The van der Waals surface area contributed by atoms with Crippen LogP contribution in [0.4, 0.5) is 5.82 Å². The molecule has 1 aromatic carbocycles. The fourth-order valence-electron chi connectivity index (χ4n) is 3.41. The molecule has 7 heteroatoms. The Balaban J connectivity index is 1.86. The normalized spacial score (nSPS) is 21.3. The number of nitrogens with zero attached hydrogens (tertiary/aromatic N) is 2. The third-order valence-corrected chi connectivity index (χ3v) is 6.29. The lowest BCUT2D eigenvalue weighted by molar-refractivity contribution is 0.172. The van der Waals surface area contributed by atoms with E-state index < -0.39 is 10.0 Å². The lowest BCUT2D eigenvalue weighted by Crippen LogP contribution is -2.48. The van der Waals surface area contributed by atoms with Crippen molar-refractivity contribution in [1.29, 1.82) is 0 Å². The van der Waals surface area contributed by atoms with Crippen molar-refractivity contribution >= 4 is 15.8 Å². The van der Waals surface area contributed by atoms with Crippen LogP contribution in [-0.4, -0.2) is 45.3 Å². The zero-order chi connectivity index (χ0) is 17.9. The van der Waals surface area contributed by atoms with Gasteiger partial charge in [-0.15, -0.1) is 0 Å². The standard InChI is InChI=1S/C18H23N3O3S/c1-19-25(23,24)16-8-9-17(20-12-16)21-11-5-10-18(13-21,14-22)15-6-3-2-4-7-15/h2-4,6-9,12,19,22H,5,10-11,13-14H2,1H3. The molecule has 6 nitrogen and oxygen atoms in total. The molecule has 1 aromatic heterocycles. The number of aromatic nitrogens is 1. The van der Waals surface area contributed by atoms with Crippen LogP contribution in [0, 0.1) is 0 Å². The van der Waals surface area contributed by atoms with E-state index in [2.05, 4.69) is 26.7 Å². The summed E-state index contributed by atoms with van der Waals surface area (Å²) in [4.78, 5) is 6.59. The van der Waals surface area contributed by atoms with E-state index in [1.807, 2.05) is 18.2 Å². The van der Waals surface area contributed by atoms with Gasteiger partial charge in [-0.2, -0.15) is 0 Å². The van der Waals surface area contributed by atoms with Crippen LogP contribution in [0.1, 0.15) is 18.4 Å². The van der Waals surface area contributed by atoms with Crippen LogP contribution in [0.5, 0.6) is 0 Å². The van der Waals surface area contributed by atoms with Gasteiger partial charge in [-0.1, -0.05) is 30.3 Å². The maximum absolute atomic E-state index is 11.8. The second-order valence-electron chi connectivity index (χ2n) is 6.39. The number of hydrogen-bond acceptors (Lipinski definition) is 5. The molecule has 1 unspecified atom stereocenters. The molecule has 0 bridgehead atoms. The number of sulfonamides is 1. The molecule has 25 heavy (non-hydrogen) atoms. The Bertz CT molecular complexity index is 809. The van der Waals surface area contributed by atoms with E-state index in [-0.39, 0.29) is 16.9 Å². The third-order valence-electron chi connectivity index (χ3n) is 4.89. The van der Waals surface area contributed by atoms with E-state index in [0.717, 1.165) is 30.8 Å². The Morgan fingerprint density at radius 1 is 1.24 bits per heavy atom. The molecule has 2 N–H and O–H groups in total. The first-order valence-corrected chi connectivity index (χ1v) is 9.80. The van der Waals surface area contributed by atoms with Crippen LogP contribution in [0.25, 0.3) is 0 Å². The SMILES string of the molecule is CNS(=O)(=O)c1ccc(N2CCCC(CO)(c3ccccc3)C2)nc1. The zero-order valence-corrected chi connectivity index (χ0v) is 15.0. The van der Waals surface area contributed by atoms with Gasteiger partial charge >= 0.3 is 0 Å². The number of anilines is 1. The monoisotopic (exact) mass is 361 g/mol. The first-order valence-electron chi connectivity index (χ1n) is 8.32. The first kappa shape index (κ1) is 17.8. The van der Waals surface area contributed by atoms with Gasteiger partial charge in [0.25, 0.3) is 0 Å². The lowest BCUT2D eigenvalue weighted by atomic mass is 9.75. The predicted molar refractivity (Wildman–Crippen MR) is 97.1 cm³/mol. The van der Waals surface area contributed by atoms with Crippen LogP contribution in [0.2, 0.25) is 0 Å². The van der Waals surface area contributed by atoms with Crippen LogP contribution < -0.4 is 9.62 Å². The molecule has 0 radical (unpaired) electrons. The van der Waals surface area contributed by atoms with E-state index >= 15 is 0 Å². The van der Waals surface area contributed by atoms with Crippen molar-refractivity contribution in [1.82, 2.24) is 9.71 Å². The number of piperidine rings is 1.